The number of aryl methyl sites for hydroxylation is 4. The molecular formula is C29H31N3O2. The Bertz CT molecular complexity index is 1320. The van der Waals surface area contributed by atoms with Gasteiger partial charge in [0.1, 0.15) is 11.6 Å². The second-order valence-corrected chi connectivity index (χ2v) is 9.30. The number of aromatic nitrogens is 2. The average molecular weight is 454 g/mol. The van der Waals surface area contributed by atoms with Crippen LogP contribution in [-0.4, -0.2) is 28.6 Å². The van der Waals surface area contributed by atoms with Crippen LogP contribution in [0.5, 0.6) is 5.75 Å². The van der Waals surface area contributed by atoms with Gasteiger partial charge in [-0.05, 0) is 74.7 Å². The Kier molecular flexibility index (Phi) is 6.10. The summed E-state index contributed by atoms with van der Waals surface area (Å²) in [4.78, 5) is 19.9. The molecule has 3 aromatic carbocycles. The standard InChI is InChI=1S/C29H31N3O2/c1-20-9-13-25(14-10-20)34-16-6-15-31-27-8-5-4-7-26(27)30-29(31)23-18-28(33)32(19-23)24-12-11-21(2)22(3)17-24/h4-5,7-14,17,23H,6,15-16,18-19H2,1-3H3. The normalized spacial score (nSPS) is 15.9. The molecule has 1 aliphatic heterocycles. The first-order valence-electron chi connectivity index (χ1n) is 12.0. The van der Waals surface area contributed by atoms with Crippen LogP contribution in [0.3, 0.4) is 0 Å². The van der Waals surface area contributed by atoms with Gasteiger partial charge in [0.05, 0.1) is 17.6 Å². The van der Waals surface area contributed by atoms with Gasteiger partial charge >= 0.3 is 0 Å². The van der Waals surface area contributed by atoms with Crippen LogP contribution in [0, 0.1) is 20.8 Å². The van der Waals surface area contributed by atoms with Gasteiger partial charge in [-0.25, -0.2) is 4.98 Å². The number of hydrogen-bond acceptors (Lipinski definition) is 3. The molecule has 1 saturated heterocycles. The molecule has 0 spiro atoms. The van der Waals surface area contributed by atoms with Crippen LogP contribution in [0.1, 0.15) is 41.3 Å². The van der Waals surface area contributed by atoms with E-state index in [2.05, 4.69) is 61.7 Å². The van der Waals surface area contributed by atoms with E-state index < -0.39 is 0 Å². The van der Waals surface area contributed by atoms with E-state index in [0.717, 1.165) is 41.3 Å². The fourth-order valence-corrected chi connectivity index (χ4v) is 4.71. The van der Waals surface area contributed by atoms with E-state index in [1.54, 1.807) is 0 Å². The SMILES string of the molecule is Cc1ccc(OCCCn2c(C3CC(=O)N(c4ccc(C)c(C)c4)C3)nc3ccccc32)cc1. The molecule has 5 rings (SSSR count). The second kappa shape index (κ2) is 9.34. The van der Waals surface area contributed by atoms with Crippen LogP contribution in [0.4, 0.5) is 5.69 Å². The van der Waals surface area contributed by atoms with Gasteiger partial charge < -0.3 is 14.2 Å². The van der Waals surface area contributed by atoms with Crippen molar-refractivity contribution in [2.45, 2.75) is 46.1 Å². The number of carbonyl (C=O) groups is 1. The highest BCUT2D eigenvalue weighted by molar-refractivity contribution is 5.96. The first kappa shape index (κ1) is 22.2. The third-order valence-electron chi connectivity index (χ3n) is 6.79. The predicted octanol–water partition coefficient (Wildman–Crippen LogP) is 5.95. The monoisotopic (exact) mass is 453 g/mol. The van der Waals surface area contributed by atoms with E-state index in [1.807, 2.05) is 35.2 Å². The number of hydrogen-bond donors (Lipinski definition) is 0. The van der Waals surface area contributed by atoms with Gasteiger partial charge in [-0.15, -0.1) is 0 Å². The Morgan fingerprint density at radius 1 is 0.971 bits per heavy atom. The van der Waals surface area contributed by atoms with Gasteiger partial charge in [0.2, 0.25) is 5.91 Å². The molecule has 1 amide bonds. The van der Waals surface area contributed by atoms with Crippen LogP contribution < -0.4 is 9.64 Å². The second-order valence-electron chi connectivity index (χ2n) is 9.30. The highest BCUT2D eigenvalue weighted by Crippen LogP contribution is 2.34. The molecule has 5 heteroatoms. The van der Waals surface area contributed by atoms with Gasteiger partial charge in [0, 0.05) is 31.1 Å². The van der Waals surface area contributed by atoms with E-state index >= 15 is 0 Å². The predicted molar refractivity (Wildman–Crippen MR) is 137 cm³/mol. The molecule has 5 nitrogen and oxygen atoms in total. The zero-order chi connectivity index (χ0) is 23.7. The summed E-state index contributed by atoms with van der Waals surface area (Å²) in [6, 6.07) is 22.6. The average Bonchev–Trinajstić information content (AvgIpc) is 3.40. The summed E-state index contributed by atoms with van der Waals surface area (Å²) in [5.74, 6) is 2.12. The number of nitrogens with zero attached hydrogens (tertiary/aromatic N) is 3. The van der Waals surface area contributed by atoms with Crippen molar-refractivity contribution in [2.75, 3.05) is 18.1 Å². The van der Waals surface area contributed by atoms with Crippen molar-refractivity contribution in [1.82, 2.24) is 9.55 Å². The zero-order valence-electron chi connectivity index (χ0n) is 20.1. The van der Waals surface area contributed by atoms with Crippen molar-refractivity contribution in [3.63, 3.8) is 0 Å². The van der Waals surface area contributed by atoms with Crippen LogP contribution in [0.15, 0.2) is 66.7 Å². The van der Waals surface area contributed by atoms with Crippen molar-refractivity contribution < 1.29 is 9.53 Å². The molecule has 1 fully saturated rings. The summed E-state index contributed by atoms with van der Waals surface area (Å²) in [5.41, 5.74) is 6.74. The summed E-state index contributed by atoms with van der Waals surface area (Å²) in [6.45, 7) is 8.35. The van der Waals surface area contributed by atoms with E-state index in [1.165, 1.54) is 16.7 Å². The van der Waals surface area contributed by atoms with Crippen molar-refractivity contribution in [3.8, 4) is 5.75 Å². The van der Waals surface area contributed by atoms with Crippen molar-refractivity contribution in [2.24, 2.45) is 0 Å². The van der Waals surface area contributed by atoms with Gasteiger partial charge in [0.15, 0.2) is 0 Å². The van der Waals surface area contributed by atoms with Gasteiger partial charge in [-0.2, -0.15) is 0 Å². The van der Waals surface area contributed by atoms with E-state index in [-0.39, 0.29) is 11.8 Å². The minimum absolute atomic E-state index is 0.0690. The van der Waals surface area contributed by atoms with Crippen LogP contribution in [-0.2, 0) is 11.3 Å². The summed E-state index contributed by atoms with van der Waals surface area (Å²) in [5, 5.41) is 0. The molecule has 1 atom stereocenters. The van der Waals surface area contributed by atoms with Crippen molar-refractivity contribution in [3.05, 3.63) is 89.2 Å². The summed E-state index contributed by atoms with van der Waals surface area (Å²) < 4.78 is 8.24. The molecule has 0 radical (unpaired) electrons. The lowest BCUT2D eigenvalue weighted by atomic mass is 10.1. The number of fused-ring (bicyclic) bond motifs is 1. The topological polar surface area (TPSA) is 47.4 Å². The minimum atomic E-state index is 0.0690. The number of ether oxygens (including phenoxy) is 1. The Labute approximate surface area is 201 Å². The highest BCUT2D eigenvalue weighted by atomic mass is 16.5. The first-order valence-corrected chi connectivity index (χ1v) is 12.0. The largest absolute Gasteiger partial charge is 0.494 e. The molecule has 4 aromatic rings. The number of rotatable bonds is 7. The Morgan fingerprint density at radius 3 is 2.56 bits per heavy atom. The third-order valence-corrected chi connectivity index (χ3v) is 6.79. The van der Waals surface area contributed by atoms with Crippen molar-refractivity contribution >= 4 is 22.6 Å². The van der Waals surface area contributed by atoms with E-state index in [4.69, 9.17) is 9.72 Å². The zero-order valence-corrected chi connectivity index (χ0v) is 20.1. The molecule has 174 valence electrons. The molecule has 1 aliphatic rings. The third kappa shape index (κ3) is 4.43. The molecule has 1 unspecified atom stereocenters. The fraction of sp³-hybridized carbons (Fsp3) is 0.310. The van der Waals surface area contributed by atoms with Gasteiger partial charge in [-0.1, -0.05) is 35.9 Å². The lowest BCUT2D eigenvalue weighted by Crippen LogP contribution is -2.24. The number of amides is 1. The molecule has 1 aromatic heterocycles. The van der Waals surface area contributed by atoms with E-state index in [0.29, 0.717) is 19.6 Å². The van der Waals surface area contributed by atoms with Crippen molar-refractivity contribution in [1.29, 1.82) is 0 Å². The molecule has 0 N–H and O–H groups in total. The summed E-state index contributed by atoms with van der Waals surface area (Å²) in [7, 11) is 0. The quantitative estimate of drug-likeness (QED) is 0.325. The van der Waals surface area contributed by atoms with Crippen LogP contribution in [0.25, 0.3) is 11.0 Å². The highest BCUT2D eigenvalue weighted by Gasteiger charge is 2.34. The smallest absolute Gasteiger partial charge is 0.227 e. The molecular weight excluding hydrogens is 422 g/mol. The summed E-state index contributed by atoms with van der Waals surface area (Å²) in [6.07, 6.45) is 1.35. The van der Waals surface area contributed by atoms with Gasteiger partial charge in [0.25, 0.3) is 0 Å². The molecule has 0 bridgehead atoms. The Balaban J connectivity index is 1.34. The molecule has 2 heterocycles. The number of para-hydroxylation sites is 2. The van der Waals surface area contributed by atoms with Crippen LogP contribution in [0.2, 0.25) is 0 Å². The maximum atomic E-state index is 13.0. The molecule has 0 saturated carbocycles. The Morgan fingerprint density at radius 2 is 1.76 bits per heavy atom. The Hall–Kier alpha value is -3.60. The number of imidazole rings is 1. The number of benzene rings is 3. The summed E-state index contributed by atoms with van der Waals surface area (Å²) >= 11 is 0. The maximum absolute atomic E-state index is 13.0. The lowest BCUT2D eigenvalue weighted by molar-refractivity contribution is -0.117. The fourth-order valence-electron chi connectivity index (χ4n) is 4.71. The lowest BCUT2D eigenvalue weighted by Gasteiger charge is -2.18. The number of anilines is 1. The van der Waals surface area contributed by atoms with E-state index in [9.17, 15) is 4.79 Å². The van der Waals surface area contributed by atoms with Gasteiger partial charge in [-0.3, -0.25) is 4.79 Å². The number of carbonyl (C=O) groups excluding carboxylic acids is 1. The molecule has 0 aliphatic carbocycles. The minimum Gasteiger partial charge on any atom is -0.494 e. The molecule has 34 heavy (non-hydrogen) atoms. The maximum Gasteiger partial charge on any atom is 0.227 e. The first-order chi connectivity index (χ1) is 16.5. The van der Waals surface area contributed by atoms with Crippen LogP contribution >= 0.6 is 0 Å².